The third kappa shape index (κ3) is 4.45. The van der Waals surface area contributed by atoms with Crippen molar-refractivity contribution in [2.75, 3.05) is 22.1 Å². The van der Waals surface area contributed by atoms with Crippen LogP contribution in [0, 0.1) is 10.1 Å². The molecule has 0 aliphatic heterocycles. The molecular weight excluding hydrogens is 350 g/mol. The molecule has 1 amide bonds. The quantitative estimate of drug-likeness (QED) is 0.396. The summed E-state index contributed by atoms with van der Waals surface area (Å²) >= 11 is 0. The van der Waals surface area contributed by atoms with Crippen LogP contribution in [0.4, 0.5) is 34.6 Å². The first-order chi connectivity index (χ1) is 12.9. The van der Waals surface area contributed by atoms with Crippen molar-refractivity contribution in [1.29, 1.82) is 0 Å². The van der Waals surface area contributed by atoms with Crippen LogP contribution in [0.1, 0.15) is 10.4 Å². The predicted octanol–water partition coefficient (Wildman–Crippen LogP) is 2.55. The number of hydrogen-bond donors (Lipinski definition) is 4. The average Bonchev–Trinajstić information content (AvgIpc) is 2.61. The molecule has 0 aliphatic rings. The largest absolute Gasteiger partial charge is 0.383 e. The van der Waals surface area contributed by atoms with Gasteiger partial charge in [0.1, 0.15) is 11.6 Å². The highest BCUT2D eigenvalue weighted by atomic mass is 16.6. The van der Waals surface area contributed by atoms with Crippen LogP contribution in [0.5, 0.6) is 0 Å². The number of anilines is 5. The van der Waals surface area contributed by atoms with Gasteiger partial charge in [0, 0.05) is 35.1 Å². The number of nitrogens with one attached hydrogen (secondary N) is 2. The zero-order valence-electron chi connectivity index (χ0n) is 13.9. The lowest BCUT2D eigenvalue weighted by molar-refractivity contribution is -0.384. The minimum atomic E-state index is -0.507. The first-order valence-corrected chi connectivity index (χ1v) is 7.73. The number of rotatable bonds is 5. The van der Waals surface area contributed by atoms with Gasteiger partial charge in [0.05, 0.1) is 4.92 Å². The van der Waals surface area contributed by atoms with Gasteiger partial charge >= 0.3 is 0 Å². The van der Waals surface area contributed by atoms with Crippen molar-refractivity contribution >= 4 is 40.6 Å². The zero-order chi connectivity index (χ0) is 19.4. The van der Waals surface area contributed by atoms with Crippen LogP contribution in [0.3, 0.4) is 0 Å². The Balaban J connectivity index is 1.74. The van der Waals surface area contributed by atoms with Gasteiger partial charge in [-0.05, 0) is 30.3 Å². The van der Waals surface area contributed by atoms with Gasteiger partial charge in [-0.3, -0.25) is 14.9 Å². The molecule has 0 fully saturated rings. The molecule has 136 valence electrons. The van der Waals surface area contributed by atoms with E-state index in [1.54, 1.807) is 24.3 Å². The summed E-state index contributed by atoms with van der Waals surface area (Å²) < 4.78 is 0. The number of nitrogens with zero attached hydrogens (tertiary/aromatic N) is 3. The van der Waals surface area contributed by atoms with Crippen LogP contribution in [0.25, 0.3) is 0 Å². The molecule has 10 heteroatoms. The Morgan fingerprint density at radius 1 is 1.00 bits per heavy atom. The number of hydrogen-bond acceptors (Lipinski definition) is 8. The summed E-state index contributed by atoms with van der Waals surface area (Å²) in [4.78, 5) is 30.4. The van der Waals surface area contributed by atoms with Crippen molar-refractivity contribution in [2.24, 2.45) is 0 Å². The third-order valence-electron chi connectivity index (χ3n) is 3.50. The van der Waals surface area contributed by atoms with Gasteiger partial charge in [-0.15, -0.1) is 0 Å². The molecular formula is C17H15N7O3. The molecule has 0 saturated carbocycles. The lowest BCUT2D eigenvalue weighted by atomic mass is 10.1. The van der Waals surface area contributed by atoms with Crippen molar-refractivity contribution in [1.82, 2.24) is 9.97 Å². The fraction of sp³-hybridized carbons (Fsp3) is 0. The molecule has 0 atom stereocenters. The van der Waals surface area contributed by atoms with Crippen molar-refractivity contribution < 1.29 is 9.72 Å². The molecule has 3 rings (SSSR count). The number of nitrogen functional groups attached to an aromatic ring is 2. The van der Waals surface area contributed by atoms with Crippen LogP contribution in [-0.4, -0.2) is 20.8 Å². The average molecular weight is 365 g/mol. The molecule has 0 unspecified atom stereocenters. The SMILES string of the molecule is Nc1cc(Nc2cccc(C(=O)Nc3ccc([N+](=O)[O-])cc3)c2)nc(N)n1. The number of nitrogens with two attached hydrogens (primary N) is 2. The molecule has 6 N–H and O–H groups in total. The number of carbonyl (C=O) groups excluding carboxylic acids is 1. The van der Waals surface area contributed by atoms with E-state index in [1.165, 1.54) is 30.3 Å². The molecule has 0 bridgehead atoms. The van der Waals surface area contributed by atoms with E-state index in [-0.39, 0.29) is 23.4 Å². The van der Waals surface area contributed by atoms with E-state index in [1.807, 2.05) is 0 Å². The second kappa shape index (κ2) is 7.35. The van der Waals surface area contributed by atoms with Gasteiger partial charge in [0.15, 0.2) is 0 Å². The Morgan fingerprint density at radius 2 is 1.74 bits per heavy atom. The van der Waals surface area contributed by atoms with E-state index < -0.39 is 4.92 Å². The van der Waals surface area contributed by atoms with Crippen molar-refractivity contribution in [3.8, 4) is 0 Å². The molecule has 0 saturated heterocycles. The second-order valence-corrected chi connectivity index (χ2v) is 5.50. The van der Waals surface area contributed by atoms with Gasteiger partial charge in [0.25, 0.3) is 11.6 Å². The Labute approximate surface area is 153 Å². The molecule has 0 spiro atoms. The third-order valence-corrected chi connectivity index (χ3v) is 3.50. The number of carbonyl (C=O) groups is 1. The zero-order valence-corrected chi connectivity index (χ0v) is 13.9. The molecule has 0 radical (unpaired) electrons. The number of nitro groups is 1. The minimum Gasteiger partial charge on any atom is -0.383 e. The Morgan fingerprint density at radius 3 is 2.41 bits per heavy atom. The van der Waals surface area contributed by atoms with Crippen molar-refractivity contribution in [3.63, 3.8) is 0 Å². The number of benzene rings is 2. The van der Waals surface area contributed by atoms with E-state index in [2.05, 4.69) is 20.6 Å². The van der Waals surface area contributed by atoms with Crippen LogP contribution in [0.2, 0.25) is 0 Å². The highest BCUT2D eigenvalue weighted by Gasteiger charge is 2.10. The summed E-state index contributed by atoms with van der Waals surface area (Å²) in [6, 6.07) is 13.8. The number of non-ortho nitro benzene ring substituents is 1. The van der Waals surface area contributed by atoms with E-state index >= 15 is 0 Å². The monoisotopic (exact) mass is 365 g/mol. The normalized spacial score (nSPS) is 10.2. The topological polar surface area (TPSA) is 162 Å². The molecule has 1 aromatic heterocycles. The Hall–Kier alpha value is -4.21. The van der Waals surface area contributed by atoms with E-state index in [0.717, 1.165) is 0 Å². The second-order valence-electron chi connectivity index (χ2n) is 5.50. The minimum absolute atomic E-state index is 0.0320. The van der Waals surface area contributed by atoms with E-state index in [4.69, 9.17) is 11.5 Å². The molecule has 1 heterocycles. The van der Waals surface area contributed by atoms with Gasteiger partial charge in [0.2, 0.25) is 5.95 Å². The lowest BCUT2D eigenvalue weighted by Crippen LogP contribution is -2.12. The first kappa shape index (κ1) is 17.6. The maximum absolute atomic E-state index is 12.4. The van der Waals surface area contributed by atoms with Crippen molar-refractivity contribution in [2.45, 2.75) is 0 Å². The summed E-state index contributed by atoms with van der Waals surface area (Å²) in [5.74, 6) is 0.281. The Bertz CT molecular complexity index is 985. The summed E-state index contributed by atoms with van der Waals surface area (Å²) in [5, 5.41) is 16.3. The van der Waals surface area contributed by atoms with Gasteiger partial charge in [-0.1, -0.05) is 6.07 Å². The van der Waals surface area contributed by atoms with E-state index in [0.29, 0.717) is 22.8 Å². The fourth-order valence-electron chi connectivity index (χ4n) is 2.31. The molecule has 27 heavy (non-hydrogen) atoms. The van der Waals surface area contributed by atoms with Gasteiger partial charge in [-0.25, -0.2) is 0 Å². The number of nitro benzene ring substituents is 1. The molecule has 10 nitrogen and oxygen atoms in total. The standard InChI is InChI=1S/C17H15N7O3/c18-14-9-15(23-17(19)22-14)20-12-3-1-2-10(8-12)16(25)21-11-4-6-13(7-5-11)24(26)27/h1-9H,(H,21,25)(H5,18,19,20,22,23). The first-order valence-electron chi connectivity index (χ1n) is 7.73. The molecule has 0 aliphatic carbocycles. The van der Waals surface area contributed by atoms with Crippen LogP contribution in [0.15, 0.2) is 54.6 Å². The lowest BCUT2D eigenvalue weighted by Gasteiger charge is -2.09. The van der Waals surface area contributed by atoms with Crippen LogP contribution in [-0.2, 0) is 0 Å². The van der Waals surface area contributed by atoms with Gasteiger partial charge in [-0.2, -0.15) is 9.97 Å². The smallest absolute Gasteiger partial charge is 0.269 e. The van der Waals surface area contributed by atoms with Crippen LogP contribution < -0.4 is 22.1 Å². The summed E-state index contributed by atoms with van der Waals surface area (Å²) in [5.41, 5.74) is 12.6. The Kier molecular flexibility index (Phi) is 4.79. The van der Waals surface area contributed by atoms with E-state index in [9.17, 15) is 14.9 Å². The van der Waals surface area contributed by atoms with Crippen molar-refractivity contribution in [3.05, 3.63) is 70.3 Å². The number of amides is 1. The molecule has 3 aromatic rings. The number of aromatic nitrogens is 2. The summed E-state index contributed by atoms with van der Waals surface area (Å²) in [7, 11) is 0. The van der Waals surface area contributed by atoms with Gasteiger partial charge < -0.3 is 22.1 Å². The summed E-state index contributed by atoms with van der Waals surface area (Å²) in [6.07, 6.45) is 0. The highest BCUT2D eigenvalue weighted by Crippen LogP contribution is 2.20. The predicted molar refractivity (Wildman–Crippen MR) is 102 cm³/mol. The maximum Gasteiger partial charge on any atom is 0.269 e. The molecule has 2 aromatic carbocycles. The fourth-order valence-corrected chi connectivity index (χ4v) is 2.31. The maximum atomic E-state index is 12.4. The summed E-state index contributed by atoms with van der Waals surface area (Å²) in [6.45, 7) is 0. The van der Waals surface area contributed by atoms with Crippen LogP contribution >= 0.6 is 0 Å². The highest BCUT2D eigenvalue weighted by molar-refractivity contribution is 6.04.